The van der Waals surface area contributed by atoms with E-state index in [0.717, 1.165) is 10.4 Å². The highest BCUT2D eigenvalue weighted by Crippen LogP contribution is 2.15. The molecule has 0 aliphatic rings. The Labute approximate surface area is 104 Å². The Kier molecular flexibility index (Phi) is 3.44. The van der Waals surface area contributed by atoms with Gasteiger partial charge in [-0.1, -0.05) is 6.07 Å². The summed E-state index contributed by atoms with van der Waals surface area (Å²) in [5.41, 5.74) is 7.68. The van der Waals surface area contributed by atoms with E-state index in [4.69, 9.17) is 10.5 Å². The third-order valence-corrected chi connectivity index (χ3v) is 3.25. The number of anilines is 1. The Bertz CT molecular complexity index is 520. The number of hydrogen-bond acceptors (Lipinski definition) is 4. The summed E-state index contributed by atoms with van der Waals surface area (Å²) in [5, 5.41) is 1.96. The van der Waals surface area contributed by atoms with Gasteiger partial charge in [0.2, 0.25) is 0 Å². The van der Waals surface area contributed by atoms with Gasteiger partial charge < -0.3 is 10.5 Å². The topological polar surface area (TPSA) is 52.3 Å². The van der Waals surface area contributed by atoms with Gasteiger partial charge in [0.1, 0.15) is 6.61 Å². The number of nitrogen functional groups attached to an aromatic ring is 1. The lowest BCUT2D eigenvalue weighted by atomic mass is 10.1. The number of thiophene rings is 1. The van der Waals surface area contributed by atoms with Gasteiger partial charge in [0.15, 0.2) is 0 Å². The van der Waals surface area contributed by atoms with Crippen LogP contribution in [0.5, 0.6) is 0 Å². The summed E-state index contributed by atoms with van der Waals surface area (Å²) >= 11 is 1.57. The van der Waals surface area contributed by atoms with Crippen molar-refractivity contribution < 1.29 is 9.53 Å². The molecule has 0 radical (unpaired) electrons. The molecule has 0 saturated heterocycles. The Morgan fingerprint density at radius 2 is 2.24 bits per heavy atom. The van der Waals surface area contributed by atoms with Gasteiger partial charge in [-0.3, -0.25) is 0 Å². The number of benzene rings is 1. The molecule has 0 amide bonds. The fourth-order valence-electron chi connectivity index (χ4n) is 1.53. The maximum Gasteiger partial charge on any atom is 0.338 e. The van der Waals surface area contributed by atoms with Crippen molar-refractivity contribution >= 4 is 23.0 Å². The summed E-state index contributed by atoms with van der Waals surface area (Å²) in [4.78, 5) is 12.8. The van der Waals surface area contributed by atoms with E-state index in [2.05, 4.69) is 0 Å². The van der Waals surface area contributed by atoms with Crippen molar-refractivity contribution in [2.75, 3.05) is 5.73 Å². The maximum atomic E-state index is 11.8. The Hall–Kier alpha value is -1.81. The summed E-state index contributed by atoms with van der Waals surface area (Å²) in [6.45, 7) is 2.17. The Morgan fingerprint density at radius 1 is 1.41 bits per heavy atom. The van der Waals surface area contributed by atoms with Gasteiger partial charge in [-0.05, 0) is 42.1 Å². The van der Waals surface area contributed by atoms with E-state index in [1.807, 2.05) is 24.4 Å². The molecule has 0 unspecified atom stereocenters. The van der Waals surface area contributed by atoms with Crippen LogP contribution in [0.2, 0.25) is 0 Å². The summed E-state index contributed by atoms with van der Waals surface area (Å²) in [6.07, 6.45) is 0. The van der Waals surface area contributed by atoms with Crippen molar-refractivity contribution in [1.82, 2.24) is 0 Å². The minimum Gasteiger partial charge on any atom is -0.456 e. The molecule has 1 aromatic carbocycles. The highest BCUT2D eigenvalue weighted by molar-refractivity contribution is 7.09. The van der Waals surface area contributed by atoms with Crippen LogP contribution in [0.4, 0.5) is 5.69 Å². The molecular weight excluding hydrogens is 234 g/mol. The lowest BCUT2D eigenvalue weighted by Gasteiger charge is -2.06. The number of rotatable bonds is 3. The van der Waals surface area contributed by atoms with Gasteiger partial charge in [-0.2, -0.15) is 0 Å². The number of aryl methyl sites for hydroxylation is 1. The molecule has 3 nitrogen and oxygen atoms in total. The first-order chi connectivity index (χ1) is 8.16. The number of nitrogens with two attached hydrogens (primary N) is 1. The average Bonchev–Trinajstić information content (AvgIpc) is 2.78. The zero-order chi connectivity index (χ0) is 12.3. The Morgan fingerprint density at radius 3 is 2.88 bits per heavy atom. The molecule has 0 aliphatic heterocycles. The molecule has 0 saturated carbocycles. The normalized spacial score (nSPS) is 10.2. The monoisotopic (exact) mass is 247 g/mol. The van der Waals surface area contributed by atoms with Gasteiger partial charge >= 0.3 is 5.97 Å². The molecule has 0 bridgehead atoms. The van der Waals surface area contributed by atoms with Crippen molar-refractivity contribution in [3.63, 3.8) is 0 Å². The van der Waals surface area contributed by atoms with Gasteiger partial charge in [0.25, 0.3) is 0 Å². The number of ether oxygens (including phenoxy) is 1. The van der Waals surface area contributed by atoms with E-state index in [9.17, 15) is 4.79 Å². The lowest BCUT2D eigenvalue weighted by Crippen LogP contribution is -2.06. The predicted octanol–water partition coefficient (Wildman–Crippen LogP) is 3.00. The molecule has 88 valence electrons. The van der Waals surface area contributed by atoms with E-state index < -0.39 is 0 Å². The van der Waals surface area contributed by atoms with E-state index in [-0.39, 0.29) is 5.97 Å². The van der Waals surface area contributed by atoms with E-state index in [1.54, 1.807) is 29.5 Å². The van der Waals surface area contributed by atoms with Crippen molar-refractivity contribution in [2.24, 2.45) is 0 Å². The quantitative estimate of drug-likeness (QED) is 0.670. The highest BCUT2D eigenvalue weighted by Gasteiger charge is 2.10. The molecule has 2 rings (SSSR count). The average molecular weight is 247 g/mol. The number of esters is 1. The first-order valence-electron chi connectivity index (χ1n) is 5.22. The van der Waals surface area contributed by atoms with Crippen molar-refractivity contribution in [3.8, 4) is 0 Å². The minimum atomic E-state index is -0.309. The van der Waals surface area contributed by atoms with Crippen LogP contribution in [-0.2, 0) is 11.3 Å². The van der Waals surface area contributed by atoms with Crippen molar-refractivity contribution in [3.05, 3.63) is 51.7 Å². The van der Waals surface area contributed by atoms with Gasteiger partial charge in [-0.25, -0.2) is 4.79 Å². The number of carbonyl (C=O) groups is 1. The standard InChI is InChI=1S/C13H13NO2S/c1-9-7-10(14)4-5-12(9)13(15)16-8-11-3-2-6-17-11/h2-7H,8,14H2,1H3. The second kappa shape index (κ2) is 5.01. The summed E-state index contributed by atoms with van der Waals surface area (Å²) in [6, 6.07) is 9.04. The van der Waals surface area contributed by atoms with E-state index >= 15 is 0 Å². The maximum absolute atomic E-state index is 11.8. The van der Waals surface area contributed by atoms with Crippen LogP contribution in [0.15, 0.2) is 35.7 Å². The lowest BCUT2D eigenvalue weighted by molar-refractivity contribution is 0.0476. The molecule has 1 heterocycles. The number of hydrogen-bond donors (Lipinski definition) is 1. The molecule has 2 aromatic rings. The largest absolute Gasteiger partial charge is 0.456 e. The third kappa shape index (κ3) is 2.85. The predicted molar refractivity (Wildman–Crippen MR) is 69.0 cm³/mol. The van der Waals surface area contributed by atoms with Gasteiger partial charge in [-0.15, -0.1) is 11.3 Å². The number of carbonyl (C=O) groups excluding carboxylic acids is 1. The fourth-order valence-corrected chi connectivity index (χ4v) is 2.14. The van der Waals surface area contributed by atoms with E-state index in [1.165, 1.54) is 0 Å². The van der Waals surface area contributed by atoms with Crippen LogP contribution in [0, 0.1) is 6.92 Å². The molecule has 0 atom stereocenters. The molecule has 0 spiro atoms. The molecular formula is C13H13NO2S. The van der Waals surface area contributed by atoms with Gasteiger partial charge in [0.05, 0.1) is 5.56 Å². The SMILES string of the molecule is Cc1cc(N)ccc1C(=O)OCc1cccs1. The zero-order valence-corrected chi connectivity index (χ0v) is 10.3. The third-order valence-electron chi connectivity index (χ3n) is 2.40. The van der Waals surface area contributed by atoms with Crippen LogP contribution >= 0.6 is 11.3 Å². The van der Waals surface area contributed by atoms with Crippen molar-refractivity contribution in [1.29, 1.82) is 0 Å². The van der Waals surface area contributed by atoms with Crippen LogP contribution in [0.25, 0.3) is 0 Å². The van der Waals surface area contributed by atoms with Crippen molar-refractivity contribution in [2.45, 2.75) is 13.5 Å². The van der Waals surface area contributed by atoms with Crippen LogP contribution in [0.3, 0.4) is 0 Å². The van der Waals surface area contributed by atoms with Gasteiger partial charge in [0, 0.05) is 10.6 Å². The first-order valence-corrected chi connectivity index (χ1v) is 6.10. The second-order valence-corrected chi connectivity index (χ2v) is 4.76. The smallest absolute Gasteiger partial charge is 0.338 e. The zero-order valence-electron chi connectivity index (χ0n) is 9.47. The van der Waals surface area contributed by atoms with Crippen LogP contribution in [0.1, 0.15) is 20.8 Å². The summed E-state index contributed by atoms with van der Waals surface area (Å²) in [7, 11) is 0. The summed E-state index contributed by atoms with van der Waals surface area (Å²) in [5.74, 6) is -0.309. The highest BCUT2D eigenvalue weighted by atomic mass is 32.1. The molecule has 0 aliphatic carbocycles. The molecule has 2 N–H and O–H groups in total. The Balaban J connectivity index is 2.04. The fraction of sp³-hybridized carbons (Fsp3) is 0.154. The van der Waals surface area contributed by atoms with E-state index in [0.29, 0.717) is 17.9 Å². The molecule has 1 aromatic heterocycles. The second-order valence-electron chi connectivity index (χ2n) is 3.73. The molecule has 0 fully saturated rings. The van der Waals surface area contributed by atoms with Crippen LogP contribution < -0.4 is 5.73 Å². The minimum absolute atomic E-state index is 0.309. The van der Waals surface area contributed by atoms with Crippen LogP contribution in [-0.4, -0.2) is 5.97 Å². The first kappa shape index (κ1) is 11.7. The molecule has 17 heavy (non-hydrogen) atoms. The summed E-state index contributed by atoms with van der Waals surface area (Å²) < 4.78 is 5.22. The molecule has 4 heteroatoms.